The molecule has 0 fully saturated rings. The first-order valence-electron chi connectivity index (χ1n) is 3.33. The van der Waals surface area contributed by atoms with Gasteiger partial charge in [-0.25, -0.2) is 4.98 Å². The number of pyridine rings is 1. The van der Waals surface area contributed by atoms with Crippen molar-refractivity contribution in [2.45, 2.75) is 6.92 Å². The van der Waals surface area contributed by atoms with Gasteiger partial charge in [0.05, 0.1) is 17.1 Å². The first-order valence-corrected chi connectivity index (χ1v) is 3.33. The van der Waals surface area contributed by atoms with Gasteiger partial charge in [-0.15, -0.1) is 0 Å². The lowest BCUT2D eigenvalue weighted by atomic mass is 10.3. The van der Waals surface area contributed by atoms with E-state index in [1.165, 1.54) is 0 Å². The third-order valence-electron chi connectivity index (χ3n) is 1.59. The number of nitrogen functional groups attached to an aromatic ring is 1. The highest BCUT2D eigenvalue weighted by Gasteiger charge is 2.00. The van der Waals surface area contributed by atoms with Crippen molar-refractivity contribution in [2.24, 2.45) is 0 Å². The van der Waals surface area contributed by atoms with E-state index in [9.17, 15) is 0 Å². The molecule has 11 heavy (non-hydrogen) atoms. The molecule has 2 heterocycles. The molecule has 0 amide bonds. The van der Waals surface area contributed by atoms with Crippen molar-refractivity contribution in [2.75, 3.05) is 5.73 Å². The van der Waals surface area contributed by atoms with E-state index >= 15 is 0 Å². The standard InChI is InChI=1S/C7H8N4/c1-4-2-6-5(3-9-11-6)7(8)10-4/h2-3H,1H3,(H2,8,10)(H,9,11). The number of rotatable bonds is 0. The monoisotopic (exact) mass is 148 g/mol. The molecule has 0 atom stereocenters. The molecule has 0 aromatic carbocycles. The molecule has 2 rings (SSSR count). The summed E-state index contributed by atoms with van der Waals surface area (Å²) in [5, 5.41) is 7.57. The van der Waals surface area contributed by atoms with Crippen LogP contribution in [0, 0.1) is 6.92 Å². The largest absolute Gasteiger partial charge is 0.383 e. The molecule has 0 spiro atoms. The van der Waals surface area contributed by atoms with Gasteiger partial charge in [0, 0.05) is 5.69 Å². The van der Waals surface area contributed by atoms with Crippen molar-refractivity contribution in [3.05, 3.63) is 18.0 Å². The SMILES string of the molecule is Cc1cc2[nH]ncc2c(N)n1. The minimum atomic E-state index is 0.536. The molecule has 0 aliphatic heterocycles. The van der Waals surface area contributed by atoms with E-state index in [1.54, 1.807) is 6.20 Å². The number of aromatic amines is 1. The summed E-state index contributed by atoms with van der Waals surface area (Å²) in [6.45, 7) is 1.90. The molecule has 0 unspecified atom stereocenters. The summed E-state index contributed by atoms with van der Waals surface area (Å²) in [6.07, 6.45) is 1.68. The van der Waals surface area contributed by atoms with Gasteiger partial charge in [0.2, 0.25) is 0 Å². The zero-order chi connectivity index (χ0) is 7.84. The summed E-state index contributed by atoms with van der Waals surface area (Å²) in [7, 11) is 0. The summed E-state index contributed by atoms with van der Waals surface area (Å²) in [5.41, 5.74) is 7.47. The lowest BCUT2D eigenvalue weighted by Crippen LogP contribution is -1.92. The van der Waals surface area contributed by atoms with Gasteiger partial charge in [-0.2, -0.15) is 5.10 Å². The van der Waals surface area contributed by atoms with Crippen LogP contribution in [0.3, 0.4) is 0 Å². The number of aromatic nitrogens is 3. The average Bonchev–Trinajstić information content (AvgIpc) is 2.34. The number of nitrogens with zero attached hydrogens (tertiary/aromatic N) is 2. The van der Waals surface area contributed by atoms with E-state index in [1.807, 2.05) is 13.0 Å². The van der Waals surface area contributed by atoms with Crippen molar-refractivity contribution < 1.29 is 0 Å². The molecule has 56 valence electrons. The number of H-pyrrole nitrogens is 1. The number of anilines is 1. The molecule has 3 N–H and O–H groups in total. The van der Waals surface area contributed by atoms with Gasteiger partial charge in [-0.1, -0.05) is 0 Å². The van der Waals surface area contributed by atoms with Crippen molar-refractivity contribution in [3.63, 3.8) is 0 Å². The van der Waals surface area contributed by atoms with E-state index in [0.29, 0.717) is 5.82 Å². The summed E-state index contributed by atoms with van der Waals surface area (Å²) in [5.74, 6) is 0.536. The average molecular weight is 148 g/mol. The predicted octanol–water partition coefficient (Wildman–Crippen LogP) is 0.849. The third kappa shape index (κ3) is 0.832. The van der Waals surface area contributed by atoms with Crippen LogP contribution in [0.5, 0.6) is 0 Å². The molecule has 0 aliphatic rings. The maximum atomic E-state index is 5.63. The Morgan fingerprint density at radius 1 is 1.55 bits per heavy atom. The van der Waals surface area contributed by atoms with Crippen molar-refractivity contribution >= 4 is 16.7 Å². The van der Waals surface area contributed by atoms with E-state index in [0.717, 1.165) is 16.6 Å². The number of nitrogens with one attached hydrogen (secondary N) is 1. The molecule has 0 bridgehead atoms. The third-order valence-corrected chi connectivity index (χ3v) is 1.59. The van der Waals surface area contributed by atoms with E-state index in [4.69, 9.17) is 5.73 Å². The molecule has 2 aromatic heterocycles. The second-order valence-electron chi connectivity index (χ2n) is 2.48. The smallest absolute Gasteiger partial charge is 0.134 e. The fourth-order valence-electron chi connectivity index (χ4n) is 1.10. The molecular formula is C7H8N4. The quantitative estimate of drug-likeness (QED) is 0.582. The summed E-state index contributed by atoms with van der Waals surface area (Å²) in [6, 6.07) is 1.92. The number of hydrogen-bond acceptors (Lipinski definition) is 3. The molecule has 0 saturated carbocycles. The molecule has 0 aliphatic carbocycles. The lowest BCUT2D eigenvalue weighted by molar-refractivity contribution is 1.12. The zero-order valence-electron chi connectivity index (χ0n) is 6.13. The normalized spacial score (nSPS) is 10.6. The summed E-state index contributed by atoms with van der Waals surface area (Å²) in [4.78, 5) is 4.09. The van der Waals surface area contributed by atoms with Crippen molar-refractivity contribution in [3.8, 4) is 0 Å². The van der Waals surface area contributed by atoms with E-state index < -0.39 is 0 Å². The molecule has 4 heteroatoms. The summed E-state index contributed by atoms with van der Waals surface area (Å²) >= 11 is 0. The van der Waals surface area contributed by atoms with Crippen LogP contribution in [-0.2, 0) is 0 Å². The lowest BCUT2D eigenvalue weighted by Gasteiger charge is -1.95. The fourth-order valence-corrected chi connectivity index (χ4v) is 1.10. The minimum Gasteiger partial charge on any atom is -0.383 e. The maximum Gasteiger partial charge on any atom is 0.134 e. The van der Waals surface area contributed by atoms with Gasteiger partial charge in [-0.3, -0.25) is 5.10 Å². The zero-order valence-corrected chi connectivity index (χ0v) is 6.13. The van der Waals surface area contributed by atoms with Gasteiger partial charge in [-0.05, 0) is 13.0 Å². The minimum absolute atomic E-state index is 0.536. The van der Waals surface area contributed by atoms with Crippen LogP contribution in [0.2, 0.25) is 0 Å². The highest BCUT2D eigenvalue weighted by molar-refractivity contribution is 5.87. The Morgan fingerprint density at radius 2 is 2.36 bits per heavy atom. The van der Waals surface area contributed by atoms with Crippen LogP contribution in [0.1, 0.15) is 5.69 Å². The Balaban J connectivity index is 2.91. The van der Waals surface area contributed by atoms with E-state index in [-0.39, 0.29) is 0 Å². The van der Waals surface area contributed by atoms with Crippen LogP contribution in [-0.4, -0.2) is 15.2 Å². The first kappa shape index (κ1) is 6.15. The molecule has 2 aromatic rings. The Labute approximate surface area is 63.4 Å². The highest BCUT2D eigenvalue weighted by Crippen LogP contribution is 2.16. The Morgan fingerprint density at radius 3 is 3.18 bits per heavy atom. The predicted molar refractivity (Wildman–Crippen MR) is 43.0 cm³/mol. The van der Waals surface area contributed by atoms with E-state index in [2.05, 4.69) is 15.2 Å². The Bertz CT molecular complexity index is 390. The van der Waals surface area contributed by atoms with Gasteiger partial charge >= 0.3 is 0 Å². The second kappa shape index (κ2) is 1.95. The number of hydrogen-bond donors (Lipinski definition) is 2. The molecule has 0 saturated heterocycles. The molecule has 4 nitrogen and oxygen atoms in total. The molecular weight excluding hydrogens is 140 g/mol. The number of aryl methyl sites for hydroxylation is 1. The van der Waals surface area contributed by atoms with Crippen LogP contribution in [0.25, 0.3) is 10.9 Å². The Hall–Kier alpha value is -1.58. The van der Waals surface area contributed by atoms with Gasteiger partial charge in [0.15, 0.2) is 0 Å². The van der Waals surface area contributed by atoms with Gasteiger partial charge in [0.25, 0.3) is 0 Å². The molecule has 0 radical (unpaired) electrons. The van der Waals surface area contributed by atoms with Crippen LogP contribution < -0.4 is 5.73 Å². The van der Waals surface area contributed by atoms with Gasteiger partial charge < -0.3 is 5.73 Å². The van der Waals surface area contributed by atoms with Crippen LogP contribution in [0.4, 0.5) is 5.82 Å². The van der Waals surface area contributed by atoms with Gasteiger partial charge in [0.1, 0.15) is 5.82 Å². The van der Waals surface area contributed by atoms with Crippen molar-refractivity contribution in [1.82, 2.24) is 15.2 Å². The fraction of sp³-hybridized carbons (Fsp3) is 0.143. The van der Waals surface area contributed by atoms with Crippen LogP contribution in [0.15, 0.2) is 12.3 Å². The van der Waals surface area contributed by atoms with Crippen LogP contribution >= 0.6 is 0 Å². The number of nitrogens with two attached hydrogens (primary N) is 1. The Kier molecular flexibility index (Phi) is 1.09. The van der Waals surface area contributed by atoms with Crippen molar-refractivity contribution in [1.29, 1.82) is 0 Å². The number of fused-ring (bicyclic) bond motifs is 1. The maximum absolute atomic E-state index is 5.63. The highest BCUT2D eigenvalue weighted by atomic mass is 15.1. The second-order valence-corrected chi connectivity index (χ2v) is 2.48. The topological polar surface area (TPSA) is 67.6 Å². The first-order chi connectivity index (χ1) is 5.27. The summed E-state index contributed by atoms with van der Waals surface area (Å²) < 4.78 is 0.